The van der Waals surface area contributed by atoms with Crippen LogP contribution in [0.4, 0.5) is 11.4 Å². The summed E-state index contributed by atoms with van der Waals surface area (Å²) in [6.07, 6.45) is 2.64. The number of nitrogens with one attached hydrogen (secondary N) is 1. The molecule has 1 saturated heterocycles. The Morgan fingerprint density at radius 2 is 2.09 bits per heavy atom. The molecule has 0 unspecified atom stereocenters. The molecule has 2 aliphatic heterocycles. The lowest BCUT2D eigenvalue weighted by Gasteiger charge is -2.28. The summed E-state index contributed by atoms with van der Waals surface area (Å²) in [6.45, 7) is 6.15. The molecule has 2 aliphatic rings. The molecule has 0 aromatic heterocycles. The van der Waals surface area contributed by atoms with Gasteiger partial charge in [-0.25, -0.2) is 0 Å². The number of nitrogens with zero attached hydrogens (tertiary/aromatic N) is 1. The third kappa shape index (κ3) is 3.57. The quantitative estimate of drug-likeness (QED) is 0.649. The molecule has 3 atom stereocenters. The molecule has 0 radical (unpaired) electrons. The molecule has 0 bridgehead atoms. The van der Waals surface area contributed by atoms with Gasteiger partial charge in [-0.15, -0.1) is 6.58 Å². The second-order valence-electron chi connectivity index (χ2n) is 8.24. The van der Waals surface area contributed by atoms with Gasteiger partial charge in [0, 0.05) is 35.9 Å². The molecule has 1 spiro atoms. The number of ether oxygens (including phenoxy) is 2. The number of aliphatic hydroxyl groups is 1. The number of aliphatic hydroxyl groups excluding tert-OH is 1. The second kappa shape index (κ2) is 8.76. The monoisotopic (exact) mass is 436 g/mol. The van der Waals surface area contributed by atoms with Crippen molar-refractivity contribution in [1.29, 1.82) is 0 Å². The van der Waals surface area contributed by atoms with Crippen LogP contribution in [0.2, 0.25) is 0 Å². The zero-order valence-corrected chi connectivity index (χ0v) is 18.3. The summed E-state index contributed by atoms with van der Waals surface area (Å²) in [5.74, 6) is 0.214. The first kappa shape index (κ1) is 22.0. The molecular weight excluding hydrogens is 408 g/mol. The molecule has 7 nitrogen and oxygen atoms in total. The van der Waals surface area contributed by atoms with Crippen LogP contribution < -0.4 is 15.0 Å². The largest absolute Gasteiger partial charge is 0.497 e. The number of carbonyl (C=O) groups is 2. The Morgan fingerprint density at radius 1 is 1.34 bits per heavy atom. The van der Waals surface area contributed by atoms with Crippen molar-refractivity contribution in [3.05, 3.63) is 66.2 Å². The third-order valence-corrected chi connectivity index (χ3v) is 6.29. The van der Waals surface area contributed by atoms with Gasteiger partial charge in [0.1, 0.15) is 5.75 Å². The highest BCUT2D eigenvalue weighted by Crippen LogP contribution is 2.54. The van der Waals surface area contributed by atoms with E-state index >= 15 is 0 Å². The van der Waals surface area contributed by atoms with Crippen LogP contribution in [-0.4, -0.2) is 43.3 Å². The van der Waals surface area contributed by atoms with Crippen molar-refractivity contribution >= 4 is 23.2 Å². The number of amides is 2. The Bertz CT molecular complexity index is 1040. The zero-order valence-electron chi connectivity index (χ0n) is 18.3. The van der Waals surface area contributed by atoms with E-state index in [1.807, 2.05) is 19.1 Å². The van der Waals surface area contributed by atoms with Gasteiger partial charge in [-0.05, 0) is 55.3 Å². The molecule has 2 N–H and O–H groups in total. The standard InChI is InChI=1S/C25H28N2O5/c1-4-12-27-22-10-7-18(26-23(29)17-5-8-19(31-3)9-6-17)15-21(22)25(24(27)30)16(2)14-20(32-25)11-13-28/h4-10,15-16,20,28H,1,11-14H2,2-3H3,(H,26,29)/t16-,20+,25+/m1/s1. The molecule has 168 valence electrons. The van der Waals surface area contributed by atoms with E-state index < -0.39 is 5.60 Å². The first-order valence-electron chi connectivity index (χ1n) is 10.8. The van der Waals surface area contributed by atoms with Crippen molar-refractivity contribution in [3.8, 4) is 5.75 Å². The van der Waals surface area contributed by atoms with Gasteiger partial charge in [-0.3, -0.25) is 9.59 Å². The van der Waals surface area contributed by atoms with Gasteiger partial charge in [0.05, 0.1) is 18.9 Å². The van der Waals surface area contributed by atoms with Gasteiger partial charge < -0.3 is 24.8 Å². The predicted octanol–water partition coefficient (Wildman–Crippen LogP) is 3.48. The number of rotatable bonds is 7. The van der Waals surface area contributed by atoms with Crippen molar-refractivity contribution in [1.82, 2.24) is 0 Å². The highest BCUT2D eigenvalue weighted by Gasteiger charge is 2.59. The zero-order chi connectivity index (χ0) is 22.9. The van der Waals surface area contributed by atoms with E-state index in [4.69, 9.17) is 9.47 Å². The lowest BCUT2D eigenvalue weighted by atomic mass is 9.83. The maximum Gasteiger partial charge on any atom is 0.264 e. The van der Waals surface area contributed by atoms with Crippen LogP contribution in [0.15, 0.2) is 55.1 Å². The molecular formula is C25H28N2O5. The van der Waals surface area contributed by atoms with Crippen LogP contribution in [0, 0.1) is 5.92 Å². The molecule has 4 rings (SSSR count). The van der Waals surface area contributed by atoms with Gasteiger partial charge in [0.15, 0.2) is 5.60 Å². The van der Waals surface area contributed by atoms with Crippen LogP contribution in [0.5, 0.6) is 5.75 Å². The fourth-order valence-electron chi connectivity index (χ4n) is 4.73. The van der Waals surface area contributed by atoms with E-state index in [0.717, 1.165) is 11.3 Å². The fraction of sp³-hybridized carbons (Fsp3) is 0.360. The first-order chi connectivity index (χ1) is 15.4. The highest BCUT2D eigenvalue weighted by molar-refractivity contribution is 6.09. The summed E-state index contributed by atoms with van der Waals surface area (Å²) in [4.78, 5) is 28.0. The summed E-state index contributed by atoms with van der Waals surface area (Å²) in [5.41, 5.74) is 1.45. The summed E-state index contributed by atoms with van der Waals surface area (Å²) in [5, 5.41) is 12.3. The van der Waals surface area contributed by atoms with Gasteiger partial charge in [-0.2, -0.15) is 0 Å². The minimum atomic E-state index is -1.13. The Hall–Kier alpha value is -3.16. The summed E-state index contributed by atoms with van der Waals surface area (Å²) in [6, 6.07) is 12.3. The molecule has 1 fully saturated rings. The molecule has 2 amide bonds. The minimum absolute atomic E-state index is 0.00282. The maximum absolute atomic E-state index is 13.5. The molecule has 32 heavy (non-hydrogen) atoms. The lowest BCUT2D eigenvalue weighted by Crippen LogP contribution is -2.44. The summed E-state index contributed by atoms with van der Waals surface area (Å²) >= 11 is 0. The average molecular weight is 437 g/mol. The number of carbonyl (C=O) groups excluding carboxylic acids is 2. The van der Waals surface area contributed by atoms with Crippen LogP contribution in [0.3, 0.4) is 0 Å². The van der Waals surface area contributed by atoms with E-state index in [1.54, 1.807) is 48.4 Å². The van der Waals surface area contributed by atoms with E-state index in [9.17, 15) is 14.7 Å². The van der Waals surface area contributed by atoms with Crippen molar-refractivity contribution < 1.29 is 24.2 Å². The SMILES string of the molecule is C=CCN1C(=O)[C@@]2(O[C@@H](CCO)C[C@H]2C)c2cc(NC(=O)c3ccc(OC)cc3)ccc21. The van der Waals surface area contributed by atoms with Crippen LogP contribution in [-0.2, 0) is 15.1 Å². The normalized spacial score (nSPS) is 24.0. The minimum Gasteiger partial charge on any atom is -0.497 e. The molecule has 2 aromatic carbocycles. The van der Waals surface area contributed by atoms with Crippen molar-refractivity contribution in [2.24, 2.45) is 5.92 Å². The molecule has 0 saturated carbocycles. The topological polar surface area (TPSA) is 88.1 Å². The summed E-state index contributed by atoms with van der Waals surface area (Å²) in [7, 11) is 1.57. The first-order valence-corrected chi connectivity index (χ1v) is 10.8. The van der Waals surface area contributed by atoms with Crippen molar-refractivity contribution in [2.45, 2.75) is 31.5 Å². The van der Waals surface area contributed by atoms with Crippen LogP contribution in [0.1, 0.15) is 35.7 Å². The van der Waals surface area contributed by atoms with Crippen molar-refractivity contribution in [2.75, 3.05) is 30.5 Å². The smallest absolute Gasteiger partial charge is 0.264 e. The number of benzene rings is 2. The van der Waals surface area contributed by atoms with E-state index in [2.05, 4.69) is 11.9 Å². The third-order valence-electron chi connectivity index (χ3n) is 6.29. The maximum atomic E-state index is 13.5. The van der Waals surface area contributed by atoms with E-state index in [-0.39, 0.29) is 30.4 Å². The predicted molar refractivity (Wildman–Crippen MR) is 122 cm³/mol. The van der Waals surface area contributed by atoms with Gasteiger partial charge in [-0.1, -0.05) is 13.0 Å². The van der Waals surface area contributed by atoms with E-state index in [1.165, 1.54) is 0 Å². The van der Waals surface area contributed by atoms with Crippen LogP contribution >= 0.6 is 0 Å². The summed E-state index contributed by atoms with van der Waals surface area (Å²) < 4.78 is 11.5. The number of hydrogen-bond donors (Lipinski definition) is 2. The fourth-order valence-corrected chi connectivity index (χ4v) is 4.73. The number of methoxy groups -OCH3 is 1. The number of fused-ring (bicyclic) bond motifs is 2. The van der Waals surface area contributed by atoms with Gasteiger partial charge in [0.25, 0.3) is 11.8 Å². The van der Waals surface area contributed by atoms with Gasteiger partial charge >= 0.3 is 0 Å². The average Bonchev–Trinajstić information content (AvgIpc) is 3.24. The van der Waals surface area contributed by atoms with Gasteiger partial charge in [0.2, 0.25) is 0 Å². The van der Waals surface area contributed by atoms with E-state index in [0.29, 0.717) is 36.4 Å². The Balaban J connectivity index is 1.68. The Kier molecular flexibility index (Phi) is 6.04. The lowest BCUT2D eigenvalue weighted by molar-refractivity contribution is -0.146. The Labute approximate surface area is 187 Å². The molecule has 7 heteroatoms. The van der Waals surface area contributed by atoms with Crippen molar-refractivity contribution in [3.63, 3.8) is 0 Å². The molecule has 0 aliphatic carbocycles. The Morgan fingerprint density at radius 3 is 2.75 bits per heavy atom. The molecule has 2 aromatic rings. The second-order valence-corrected chi connectivity index (χ2v) is 8.24. The number of hydrogen-bond acceptors (Lipinski definition) is 5. The van der Waals surface area contributed by atoms with Crippen LogP contribution in [0.25, 0.3) is 0 Å². The molecule has 2 heterocycles. The number of anilines is 2. The highest BCUT2D eigenvalue weighted by atomic mass is 16.5.